The molecule has 0 aliphatic heterocycles. The topological polar surface area (TPSA) is 38.8 Å². The van der Waals surface area contributed by atoms with Crippen molar-refractivity contribution < 1.29 is 14.3 Å². The summed E-state index contributed by atoms with van der Waals surface area (Å²) in [5.74, 6) is 3.64. The third kappa shape index (κ3) is 2.85. The van der Waals surface area contributed by atoms with Gasteiger partial charge in [0.05, 0.1) is 14.2 Å². The van der Waals surface area contributed by atoms with E-state index in [9.17, 15) is 4.79 Å². The number of ether oxygens (including phenoxy) is 2. The minimum absolute atomic E-state index is 0.249. The molecule has 3 rings (SSSR count). The minimum atomic E-state index is 0.249. The zero-order valence-corrected chi connectivity index (χ0v) is 13.0. The highest BCUT2D eigenvalue weighted by Gasteiger charge is 2.48. The Morgan fingerprint density at radius 3 is 2.43 bits per heavy atom. The van der Waals surface area contributed by atoms with Gasteiger partial charge in [-0.25, -0.2) is 0 Å². The van der Waals surface area contributed by atoms with Crippen molar-refractivity contribution in [2.24, 2.45) is 17.8 Å². The minimum Gasteiger partial charge on any atom is -0.493 e. The molecule has 0 spiro atoms. The van der Waals surface area contributed by atoms with Gasteiger partial charge < -0.3 is 14.4 Å². The Hall–Kier alpha value is -1.71. The monoisotopic (exact) mass is 289 g/mol. The van der Waals surface area contributed by atoms with Gasteiger partial charge in [-0.15, -0.1) is 0 Å². The summed E-state index contributed by atoms with van der Waals surface area (Å²) in [7, 11) is 5.14. The molecule has 0 radical (unpaired) electrons. The second kappa shape index (κ2) is 5.58. The van der Waals surface area contributed by atoms with Crippen LogP contribution in [0.3, 0.4) is 0 Å². The molecule has 0 heterocycles. The maximum absolute atomic E-state index is 12.5. The molecule has 1 aromatic carbocycles. The first kappa shape index (κ1) is 14.2. The van der Waals surface area contributed by atoms with E-state index in [1.54, 1.807) is 14.2 Å². The van der Waals surface area contributed by atoms with Crippen LogP contribution < -0.4 is 9.47 Å². The second-order valence-corrected chi connectivity index (χ2v) is 6.31. The van der Waals surface area contributed by atoms with Crippen LogP contribution in [0.5, 0.6) is 11.5 Å². The van der Waals surface area contributed by atoms with E-state index in [-0.39, 0.29) is 11.8 Å². The lowest BCUT2D eigenvalue weighted by Crippen LogP contribution is -2.31. The molecule has 0 aromatic heterocycles. The predicted octanol–water partition coefficient (Wildman–Crippen LogP) is 2.71. The lowest BCUT2D eigenvalue weighted by molar-refractivity contribution is -0.134. The van der Waals surface area contributed by atoms with Crippen LogP contribution in [0.2, 0.25) is 0 Å². The Labute approximate surface area is 126 Å². The molecular formula is C17H23NO3. The number of hydrogen-bond acceptors (Lipinski definition) is 3. The molecule has 1 aromatic rings. The van der Waals surface area contributed by atoms with Crippen molar-refractivity contribution in [2.75, 3.05) is 21.3 Å². The van der Waals surface area contributed by atoms with Gasteiger partial charge in [-0.2, -0.15) is 0 Å². The van der Waals surface area contributed by atoms with Crippen LogP contribution in [0.1, 0.15) is 24.8 Å². The fourth-order valence-corrected chi connectivity index (χ4v) is 3.56. The molecule has 114 valence electrons. The van der Waals surface area contributed by atoms with Crippen LogP contribution in [-0.4, -0.2) is 32.1 Å². The molecule has 4 heteroatoms. The van der Waals surface area contributed by atoms with Crippen LogP contribution >= 0.6 is 0 Å². The van der Waals surface area contributed by atoms with Crippen LogP contribution in [0, 0.1) is 17.8 Å². The van der Waals surface area contributed by atoms with Gasteiger partial charge in [-0.05, 0) is 48.8 Å². The standard InChI is InChI=1S/C17H23NO3/c1-18(17(19)14-8-12-7-13(12)9-14)10-11-4-5-15(20-2)16(6-11)21-3/h4-6,12-14H,7-10H2,1-3H3. The summed E-state index contributed by atoms with van der Waals surface area (Å²) in [6.07, 6.45) is 3.54. The number of carbonyl (C=O) groups excluding carboxylic acids is 1. The zero-order chi connectivity index (χ0) is 15.0. The second-order valence-electron chi connectivity index (χ2n) is 6.31. The maximum atomic E-state index is 12.5. The Morgan fingerprint density at radius 2 is 1.81 bits per heavy atom. The van der Waals surface area contributed by atoms with Crippen molar-refractivity contribution in [2.45, 2.75) is 25.8 Å². The van der Waals surface area contributed by atoms with Gasteiger partial charge in [0.2, 0.25) is 5.91 Å². The van der Waals surface area contributed by atoms with Crippen molar-refractivity contribution in [1.29, 1.82) is 0 Å². The quantitative estimate of drug-likeness (QED) is 0.836. The third-order valence-electron chi connectivity index (χ3n) is 4.84. The summed E-state index contributed by atoms with van der Waals surface area (Å²) in [4.78, 5) is 14.3. The number of hydrogen-bond donors (Lipinski definition) is 0. The van der Waals surface area contributed by atoms with E-state index in [0.29, 0.717) is 18.0 Å². The van der Waals surface area contributed by atoms with E-state index >= 15 is 0 Å². The first-order valence-corrected chi connectivity index (χ1v) is 7.58. The molecule has 2 atom stereocenters. The number of methoxy groups -OCH3 is 2. The number of nitrogens with zero attached hydrogens (tertiary/aromatic N) is 1. The average Bonchev–Trinajstić information content (AvgIpc) is 3.12. The fourth-order valence-electron chi connectivity index (χ4n) is 3.56. The van der Waals surface area contributed by atoms with Crippen LogP contribution in [-0.2, 0) is 11.3 Å². The Balaban J connectivity index is 1.63. The Bertz CT molecular complexity index is 533. The molecule has 0 bridgehead atoms. The summed E-state index contributed by atoms with van der Waals surface area (Å²) in [6.45, 7) is 0.616. The maximum Gasteiger partial charge on any atom is 0.225 e. The predicted molar refractivity (Wildman–Crippen MR) is 80.3 cm³/mol. The van der Waals surface area contributed by atoms with Crippen molar-refractivity contribution in [1.82, 2.24) is 4.90 Å². The van der Waals surface area contributed by atoms with Crippen molar-refractivity contribution in [3.63, 3.8) is 0 Å². The number of amides is 1. The van der Waals surface area contributed by atoms with E-state index in [1.807, 2.05) is 30.1 Å². The van der Waals surface area contributed by atoms with Gasteiger partial charge in [0, 0.05) is 19.5 Å². The lowest BCUT2D eigenvalue weighted by Gasteiger charge is -2.22. The van der Waals surface area contributed by atoms with E-state index in [4.69, 9.17) is 9.47 Å². The third-order valence-corrected chi connectivity index (χ3v) is 4.84. The summed E-state index contributed by atoms with van der Waals surface area (Å²) in [5, 5.41) is 0. The SMILES string of the molecule is COc1ccc(CN(C)C(=O)C2CC3CC3C2)cc1OC. The molecule has 4 nitrogen and oxygen atoms in total. The van der Waals surface area contributed by atoms with Crippen LogP contribution in [0.25, 0.3) is 0 Å². The zero-order valence-electron chi connectivity index (χ0n) is 13.0. The molecule has 0 N–H and O–H groups in total. The number of benzene rings is 1. The molecule has 2 saturated carbocycles. The highest BCUT2D eigenvalue weighted by molar-refractivity contribution is 5.79. The molecular weight excluding hydrogens is 266 g/mol. The smallest absolute Gasteiger partial charge is 0.225 e. The van der Waals surface area contributed by atoms with Gasteiger partial charge in [0.15, 0.2) is 11.5 Å². The first-order chi connectivity index (χ1) is 10.1. The molecule has 1 amide bonds. The summed E-state index contributed by atoms with van der Waals surface area (Å²) in [6, 6.07) is 5.81. The molecule has 21 heavy (non-hydrogen) atoms. The summed E-state index contributed by atoms with van der Waals surface area (Å²) < 4.78 is 10.5. The van der Waals surface area contributed by atoms with Gasteiger partial charge >= 0.3 is 0 Å². The number of carbonyl (C=O) groups is 1. The highest BCUT2D eigenvalue weighted by Crippen LogP contribution is 2.54. The van der Waals surface area contributed by atoms with Gasteiger partial charge in [0.25, 0.3) is 0 Å². The van der Waals surface area contributed by atoms with Crippen LogP contribution in [0.15, 0.2) is 18.2 Å². The first-order valence-electron chi connectivity index (χ1n) is 7.58. The lowest BCUT2D eigenvalue weighted by atomic mass is 10.0. The summed E-state index contributed by atoms with van der Waals surface area (Å²) in [5.41, 5.74) is 1.06. The molecule has 2 aliphatic carbocycles. The van der Waals surface area contributed by atoms with Crippen molar-refractivity contribution in [3.05, 3.63) is 23.8 Å². The number of rotatable bonds is 5. The molecule has 2 unspecified atom stereocenters. The van der Waals surface area contributed by atoms with Crippen LogP contribution in [0.4, 0.5) is 0 Å². The molecule has 2 fully saturated rings. The van der Waals surface area contributed by atoms with E-state index in [2.05, 4.69) is 0 Å². The van der Waals surface area contributed by atoms with Crippen molar-refractivity contribution >= 4 is 5.91 Å². The van der Waals surface area contributed by atoms with E-state index < -0.39 is 0 Å². The van der Waals surface area contributed by atoms with Crippen molar-refractivity contribution in [3.8, 4) is 11.5 Å². The largest absolute Gasteiger partial charge is 0.493 e. The Morgan fingerprint density at radius 1 is 1.14 bits per heavy atom. The number of fused-ring (bicyclic) bond motifs is 1. The Kier molecular flexibility index (Phi) is 3.79. The van der Waals surface area contributed by atoms with Gasteiger partial charge in [-0.1, -0.05) is 6.07 Å². The van der Waals surface area contributed by atoms with Gasteiger partial charge in [0.1, 0.15) is 0 Å². The fraction of sp³-hybridized carbons (Fsp3) is 0.588. The molecule has 0 saturated heterocycles. The van der Waals surface area contributed by atoms with E-state index in [1.165, 1.54) is 6.42 Å². The molecule has 2 aliphatic rings. The van der Waals surface area contributed by atoms with Gasteiger partial charge in [-0.3, -0.25) is 4.79 Å². The summed E-state index contributed by atoms with van der Waals surface area (Å²) >= 11 is 0. The average molecular weight is 289 g/mol. The highest BCUT2D eigenvalue weighted by atomic mass is 16.5. The van der Waals surface area contributed by atoms with E-state index in [0.717, 1.165) is 30.2 Å². The normalized spacial score (nSPS) is 26.1.